The van der Waals surface area contributed by atoms with E-state index >= 15 is 0 Å². The van der Waals surface area contributed by atoms with Crippen LogP contribution in [0.1, 0.15) is 56.3 Å². The number of carbonyl (C=O) groups is 2. The second-order valence-electron chi connectivity index (χ2n) is 7.29. The fourth-order valence-electron chi connectivity index (χ4n) is 3.15. The zero-order valence-corrected chi connectivity index (χ0v) is 16.0. The molecular weight excluding hydrogens is 336 g/mol. The van der Waals surface area contributed by atoms with Gasteiger partial charge >= 0.3 is 0 Å². The SMILES string of the molecule is CC(C)CCNC(=O)CCC1CCN(C(=O)c2ccccc2Cl)CC1. The fraction of sp³-hybridized carbons (Fsp3) is 0.600. The quantitative estimate of drug-likeness (QED) is 0.790. The van der Waals surface area contributed by atoms with Gasteiger partial charge in [0.15, 0.2) is 0 Å². The van der Waals surface area contributed by atoms with Crippen molar-refractivity contribution < 1.29 is 9.59 Å². The zero-order chi connectivity index (χ0) is 18.2. The number of amides is 2. The predicted molar refractivity (Wildman–Crippen MR) is 102 cm³/mol. The molecule has 2 amide bonds. The molecule has 1 aliphatic rings. The van der Waals surface area contributed by atoms with Gasteiger partial charge in [0, 0.05) is 26.1 Å². The summed E-state index contributed by atoms with van der Waals surface area (Å²) in [6.45, 7) is 6.56. The van der Waals surface area contributed by atoms with Crippen LogP contribution in [-0.2, 0) is 4.79 Å². The number of rotatable bonds is 7. The Morgan fingerprint density at radius 2 is 1.92 bits per heavy atom. The molecule has 0 bridgehead atoms. The molecular formula is C20H29ClN2O2. The van der Waals surface area contributed by atoms with Crippen molar-refractivity contribution in [3.63, 3.8) is 0 Å². The summed E-state index contributed by atoms with van der Waals surface area (Å²) in [5.74, 6) is 1.29. The third kappa shape index (κ3) is 6.35. The number of piperidine rings is 1. The van der Waals surface area contributed by atoms with Crippen LogP contribution in [-0.4, -0.2) is 36.3 Å². The number of likely N-dealkylation sites (tertiary alicyclic amines) is 1. The molecule has 0 spiro atoms. The van der Waals surface area contributed by atoms with E-state index in [-0.39, 0.29) is 11.8 Å². The van der Waals surface area contributed by atoms with Crippen LogP contribution in [0.4, 0.5) is 0 Å². The molecule has 2 rings (SSSR count). The van der Waals surface area contributed by atoms with E-state index in [1.54, 1.807) is 12.1 Å². The maximum Gasteiger partial charge on any atom is 0.255 e. The van der Waals surface area contributed by atoms with Crippen molar-refractivity contribution in [3.05, 3.63) is 34.9 Å². The molecule has 1 heterocycles. The zero-order valence-electron chi connectivity index (χ0n) is 15.3. The van der Waals surface area contributed by atoms with Crippen LogP contribution in [0, 0.1) is 11.8 Å². The number of hydrogen-bond donors (Lipinski definition) is 1. The van der Waals surface area contributed by atoms with Crippen molar-refractivity contribution in [1.29, 1.82) is 0 Å². The molecule has 1 saturated heterocycles. The lowest BCUT2D eigenvalue weighted by molar-refractivity contribution is -0.121. The van der Waals surface area contributed by atoms with Gasteiger partial charge in [0.05, 0.1) is 10.6 Å². The van der Waals surface area contributed by atoms with Crippen molar-refractivity contribution in [2.24, 2.45) is 11.8 Å². The molecule has 0 atom stereocenters. The Hall–Kier alpha value is -1.55. The van der Waals surface area contributed by atoms with Crippen LogP contribution >= 0.6 is 11.6 Å². The summed E-state index contributed by atoms with van der Waals surface area (Å²) < 4.78 is 0. The van der Waals surface area contributed by atoms with E-state index in [1.165, 1.54) is 0 Å². The van der Waals surface area contributed by atoms with Crippen molar-refractivity contribution >= 4 is 23.4 Å². The van der Waals surface area contributed by atoms with Gasteiger partial charge in [-0.25, -0.2) is 0 Å². The second-order valence-corrected chi connectivity index (χ2v) is 7.69. The number of nitrogens with zero attached hydrogens (tertiary/aromatic N) is 1. The third-order valence-electron chi connectivity index (χ3n) is 4.83. The summed E-state index contributed by atoms with van der Waals surface area (Å²) >= 11 is 6.12. The number of halogens is 1. The van der Waals surface area contributed by atoms with Gasteiger partial charge in [-0.05, 0) is 49.7 Å². The highest BCUT2D eigenvalue weighted by Crippen LogP contribution is 2.24. The minimum absolute atomic E-state index is 0.00970. The molecule has 1 N–H and O–H groups in total. The summed E-state index contributed by atoms with van der Waals surface area (Å²) in [7, 11) is 0. The summed E-state index contributed by atoms with van der Waals surface area (Å²) in [6, 6.07) is 7.19. The molecule has 0 unspecified atom stereocenters. The van der Waals surface area contributed by atoms with Gasteiger partial charge in [-0.3, -0.25) is 9.59 Å². The summed E-state index contributed by atoms with van der Waals surface area (Å²) in [6.07, 6.45) is 4.42. The number of carbonyl (C=O) groups excluding carboxylic acids is 2. The first-order valence-corrected chi connectivity index (χ1v) is 9.65. The summed E-state index contributed by atoms with van der Waals surface area (Å²) in [5, 5.41) is 3.50. The van der Waals surface area contributed by atoms with E-state index in [9.17, 15) is 9.59 Å². The van der Waals surface area contributed by atoms with Crippen molar-refractivity contribution in [2.45, 2.75) is 46.0 Å². The minimum Gasteiger partial charge on any atom is -0.356 e. The maximum absolute atomic E-state index is 12.5. The highest BCUT2D eigenvalue weighted by Gasteiger charge is 2.24. The molecule has 25 heavy (non-hydrogen) atoms. The van der Waals surface area contributed by atoms with Crippen LogP contribution in [0.5, 0.6) is 0 Å². The Bertz CT molecular complexity index is 581. The Kier molecular flexibility index (Phi) is 7.76. The Balaban J connectivity index is 1.70. The van der Waals surface area contributed by atoms with Gasteiger partial charge in [-0.1, -0.05) is 37.6 Å². The molecule has 1 aromatic rings. The maximum atomic E-state index is 12.5. The monoisotopic (exact) mass is 364 g/mol. The average molecular weight is 365 g/mol. The smallest absolute Gasteiger partial charge is 0.255 e. The highest BCUT2D eigenvalue weighted by molar-refractivity contribution is 6.33. The number of benzene rings is 1. The van der Waals surface area contributed by atoms with Crippen molar-refractivity contribution in [2.75, 3.05) is 19.6 Å². The Morgan fingerprint density at radius 1 is 1.24 bits per heavy atom. The standard InChI is InChI=1S/C20H29ClN2O2/c1-15(2)9-12-22-19(24)8-7-16-10-13-23(14-11-16)20(25)17-5-3-4-6-18(17)21/h3-6,15-16H,7-14H2,1-2H3,(H,22,24). The molecule has 5 heteroatoms. The van der Waals surface area contributed by atoms with E-state index < -0.39 is 0 Å². The highest BCUT2D eigenvalue weighted by atomic mass is 35.5. The van der Waals surface area contributed by atoms with E-state index in [0.29, 0.717) is 28.8 Å². The molecule has 0 aromatic heterocycles. The van der Waals surface area contributed by atoms with Gasteiger partial charge in [0.2, 0.25) is 5.91 Å². The molecule has 0 radical (unpaired) electrons. The van der Waals surface area contributed by atoms with E-state index in [0.717, 1.165) is 45.3 Å². The Morgan fingerprint density at radius 3 is 2.56 bits per heavy atom. The lowest BCUT2D eigenvalue weighted by Crippen LogP contribution is -2.38. The van der Waals surface area contributed by atoms with Gasteiger partial charge in [-0.2, -0.15) is 0 Å². The first kappa shape index (κ1) is 19.8. The lowest BCUT2D eigenvalue weighted by Gasteiger charge is -2.32. The molecule has 1 aromatic carbocycles. The van der Waals surface area contributed by atoms with Crippen LogP contribution in [0.25, 0.3) is 0 Å². The molecule has 1 fully saturated rings. The van der Waals surface area contributed by atoms with Crippen LogP contribution in [0.15, 0.2) is 24.3 Å². The molecule has 4 nitrogen and oxygen atoms in total. The van der Waals surface area contributed by atoms with Crippen LogP contribution in [0.3, 0.4) is 0 Å². The van der Waals surface area contributed by atoms with E-state index in [4.69, 9.17) is 11.6 Å². The van der Waals surface area contributed by atoms with Crippen molar-refractivity contribution in [3.8, 4) is 0 Å². The van der Waals surface area contributed by atoms with Gasteiger partial charge in [0.1, 0.15) is 0 Å². The van der Waals surface area contributed by atoms with Crippen LogP contribution < -0.4 is 5.32 Å². The largest absolute Gasteiger partial charge is 0.356 e. The van der Waals surface area contributed by atoms with Crippen LogP contribution in [0.2, 0.25) is 5.02 Å². The first-order valence-electron chi connectivity index (χ1n) is 9.28. The van der Waals surface area contributed by atoms with Crippen molar-refractivity contribution in [1.82, 2.24) is 10.2 Å². The summed E-state index contributed by atoms with van der Waals surface area (Å²) in [5.41, 5.74) is 0.576. The minimum atomic E-state index is 0.00970. The fourth-order valence-corrected chi connectivity index (χ4v) is 3.37. The van der Waals surface area contributed by atoms with Gasteiger partial charge in [-0.15, -0.1) is 0 Å². The van der Waals surface area contributed by atoms with E-state index in [2.05, 4.69) is 19.2 Å². The average Bonchev–Trinajstić information content (AvgIpc) is 2.60. The lowest BCUT2D eigenvalue weighted by atomic mass is 9.91. The molecule has 1 aliphatic heterocycles. The first-order chi connectivity index (χ1) is 12.0. The van der Waals surface area contributed by atoms with E-state index in [1.807, 2.05) is 17.0 Å². The summed E-state index contributed by atoms with van der Waals surface area (Å²) in [4.78, 5) is 26.3. The molecule has 0 saturated carbocycles. The second kappa shape index (κ2) is 9.81. The molecule has 0 aliphatic carbocycles. The molecule has 138 valence electrons. The van der Waals surface area contributed by atoms with Gasteiger partial charge < -0.3 is 10.2 Å². The predicted octanol–water partition coefficient (Wildman–Crippen LogP) is 4.13. The third-order valence-corrected chi connectivity index (χ3v) is 5.16. The Labute approximate surface area is 155 Å². The topological polar surface area (TPSA) is 49.4 Å². The number of nitrogens with one attached hydrogen (secondary N) is 1. The normalized spacial score (nSPS) is 15.4. The number of hydrogen-bond acceptors (Lipinski definition) is 2. The van der Waals surface area contributed by atoms with Gasteiger partial charge in [0.25, 0.3) is 5.91 Å².